The van der Waals surface area contributed by atoms with Gasteiger partial charge in [-0.1, -0.05) is 38.6 Å². The number of piperazine rings is 1. The molecule has 50 heavy (non-hydrogen) atoms. The van der Waals surface area contributed by atoms with Gasteiger partial charge < -0.3 is 29.9 Å². The summed E-state index contributed by atoms with van der Waals surface area (Å²) in [5.41, 5.74) is 7.88. The van der Waals surface area contributed by atoms with Gasteiger partial charge in [0.1, 0.15) is 5.69 Å². The van der Waals surface area contributed by atoms with Crippen LogP contribution in [-0.2, 0) is 29.0 Å². The summed E-state index contributed by atoms with van der Waals surface area (Å²) in [6.07, 6.45) is 6.55. The van der Waals surface area contributed by atoms with Crippen molar-refractivity contribution in [1.29, 1.82) is 0 Å². The Bertz CT molecular complexity index is 2100. The standard InChI is InChI=1S/C37H40N10O3/c1-5-24-9-8-10-25(6-2)34(24)47-18-17-46-22-26(19-31(46)36(47)50)33-28-21-38-43-35(28)42-37(41-33)40-29-12-11-27(20-30(29)39-32(49)7-3)45-15-13-44(14-16-45)23(4)48/h7-12,19-22H,3,5-6,13-18H2,1-2,4H3,(H,39,49)(H2,38,40,41,42,43). The Hall–Kier alpha value is -5.98. The molecule has 0 spiro atoms. The van der Waals surface area contributed by atoms with Crippen LogP contribution >= 0.6 is 0 Å². The molecule has 0 aliphatic carbocycles. The first-order valence-corrected chi connectivity index (χ1v) is 17.0. The maximum absolute atomic E-state index is 14.0. The van der Waals surface area contributed by atoms with Crippen molar-refractivity contribution in [2.75, 3.05) is 53.2 Å². The highest BCUT2D eigenvalue weighted by molar-refractivity contribution is 6.08. The molecule has 5 heterocycles. The van der Waals surface area contributed by atoms with E-state index in [4.69, 9.17) is 4.98 Å². The average molecular weight is 673 g/mol. The second-order valence-corrected chi connectivity index (χ2v) is 12.5. The van der Waals surface area contributed by atoms with Gasteiger partial charge in [0, 0.05) is 63.6 Å². The molecule has 2 aromatic carbocycles. The summed E-state index contributed by atoms with van der Waals surface area (Å²) in [6.45, 7) is 13.3. The van der Waals surface area contributed by atoms with E-state index in [9.17, 15) is 14.4 Å². The van der Waals surface area contributed by atoms with Gasteiger partial charge in [-0.05, 0) is 54.3 Å². The van der Waals surface area contributed by atoms with Crippen molar-refractivity contribution in [3.8, 4) is 11.3 Å². The molecule has 3 N–H and O–H groups in total. The summed E-state index contributed by atoms with van der Waals surface area (Å²) in [4.78, 5) is 53.9. The van der Waals surface area contributed by atoms with Gasteiger partial charge in [-0.3, -0.25) is 19.5 Å². The number of nitrogens with zero attached hydrogens (tertiary/aromatic N) is 7. The molecule has 3 amide bonds. The first kappa shape index (κ1) is 32.6. The molecular formula is C37H40N10O3. The quantitative estimate of drug-likeness (QED) is 0.183. The van der Waals surface area contributed by atoms with Crippen LogP contribution in [0.25, 0.3) is 22.3 Å². The van der Waals surface area contributed by atoms with Gasteiger partial charge in [-0.15, -0.1) is 0 Å². The van der Waals surface area contributed by atoms with E-state index in [1.807, 2.05) is 44.8 Å². The van der Waals surface area contributed by atoms with Gasteiger partial charge in [0.2, 0.25) is 17.8 Å². The molecule has 7 rings (SSSR count). The van der Waals surface area contributed by atoms with Crippen LogP contribution in [0.2, 0.25) is 0 Å². The Morgan fingerprint density at radius 1 is 0.960 bits per heavy atom. The summed E-state index contributed by atoms with van der Waals surface area (Å²) in [6, 6.07) is 13.9. The van der Waals surface area contributed by atoms with Crippen LogP contribution < -0.4 is 20.4 Å². The number of benzene rings is 2. The Morgan fingerprint density at radius 3 is 2.42 bits per heavy atom. The molecule has 0 bridgehead atoms. The molecule has 2 aliphatic heterocycles. The molecule has 13 nitrogen and oxygen atoms in total. The van der Waals surface area contributed by atoms with Crippen LogP contribution in [0.1, 0.15) is 42.4 Å². The minimum absolute atomic E-state index is 0.0423. The molecule has 1 fully saturated rings. The highest BCUT2D eigenvalue weighted by Gasteiger charge is 2.30. The lowest BCUT2D eigenvalue weighted by molar-refractivity contribution is -0.129. The van der Waals surface area contributed by atoms with E-state index in [1.54, 1.807) is 13.1 Å². The Kier molecular flexibility index (Phi) is 8.79. The number of carbonyl (C=O) groups excluding carboxylic acids is 3. The summed E-state index contributed by atoms with van der Waals surface area (Å²) in [5.74, 6) is -0.0494. The van der Waals surface area contributed by atoms with E-state index in [0.717, 1.165) is 40.9 Å². The van der Waals surface area contributed by atoms with E-state index in [-0.39, 0.29) is 23.7 Å². The molecule has 5 aromatic rings. The largest absolute Gasteiger partial charge is 0.368 e. The number of rotatable bonds is 9. The van der Waals surface area contributed by atoms with E-state index in [0.29, 0.717) is 73.1 Å². The smallest absolute Gasteiger partial charge is 0.274 e. The van der Waals surface area contributed by atoms with Crippen LogP contribution in [0.4, 0.5) is 28.7 Å². The number of aryl methyl sites for hydroxylation is 2. The zero-order valence-corrected chi connectivity index (χ0v) is 28.5. The third-order valence-corrected chi connectivity index (χ3v) is 9.53. The second-order valence-electron chi connectivity index (χ2n) is 12.5. The number of hydrogen-bond acceptors (Lipinski definition) is 8. The predicted molar refractivity (Wildman–Crippen MR) is 195 cm³/mol. The van der Waals surface area contributed by atoms with Crippen molar-refractivity contribution in [1.82, 2.24) is 29.6 Å². The van der Waals surface area contributed by atoms with E-state index < -0.39 is 0 Å². The molecule has 0 radical (unpaired) electrons. The summed E-state index contributed by atoms with van der Waals surface area (Å²) in [5, 5.41) is 14.1. The number of aromatic amines is 1. The van der Waals surface area contributed by atoms with Crippen molar-refractivity contribution in [3.63, 3.8) is 0 Å². The number of H-pyrrole nitrogens is 1. The highest BCUT2D eigenvalue weighted by atomic mass is 16.2. The lowest BCUT2D eigenvalue weighted by atomic mass is 10.0. The highest BCUT2D eigenvalue weighted by Crippen LogP contribution is 2.35. The lowest BCUT2D eigenvalue weighted by Crippen LogP contribution is -2.48. The lowest BCUT2D eigenvalue weighted by Gasteiger charge is -2.36. The molecule has 0 atom stereocenters. The van der Waals surface area contributed by atoms with Gasteiger partial charge in [0.25, 0.3) is 5.91 Å². The Morgan fingerprint density at radius 2 is 1.72 bits per heavy atom. The van der Waals surface area contributed by atoms with Crippen LogP contribution in [0.15, 0.2) is 67.5 Å². The van der Waals surface area contributed by atoms with Crippen LogP contribution in [0, 0.1) is 0 Å². The minimum atomic E-state index is -0.358. The third-order valence-electron chi connectivity index (χ3n) is 9.53. The van der Waals surface area contributed by atoms with Crippen molar-refractivity contribution < 1.29 is 14.4 Å². The maximum atomic E-state index is 14.0. The first-order chi connectivity index (χ1) is 24.3. The molecule has 0 unspecified atom stereocenters. The fraction of sp³-hybridized carbons (Fsp3) is 0.297. The molecule has 3 aromatic heterocycles. The van der Waals surface area contributed by atoms with Gasteiger partial charge in [0.05, 0.1) is 34.3 Å². The molecule has 2 aliphatic rings. The number of anilines is 5. The molecular weight excluding hydrogens is 632 g/mol. The number of hydrogen-bond donors (Lipinski definition) is 3. The number of fused-ring (bicyclic) bond motifs is 2. The fourth-order valence-corrected chi connectivity index (χ4v) is 6.86. The topological polar surface area (TPSA) is 144 Å². The summed E-state index contributed by atoms with van der Waals surface area (Å²) >= 11 is 0. The zero-order chi connectivity index (χ0) is 34.9. The summed E-state index contributed by atoms with van der Waals surface area (Å²) < 4.78 is 1.99. The fourth-order valence-electron chi connectivity index (χ4n) is 6.86. The van der Waals surface area contributed by atoms with Crippen molar-refractivity contribution >= 4 is 57.5 Å². The number of amides is 3. The van der Waals surface area contributed by atoms with Crippen molar-refractivity contribution in [2.24, 2.45) is 0 Å². The minimum Gasteiger partial charge on any atom is -0.368 e. The van der Waals surface area contributed by atoms with E-state index in [2.05, 4.69) is 69.3 Å². The van der Waals surface area contributed by atoms with E-state index >= 15 is 0 Å². The SMILES string of the molecule is C=CC(=O)Nc1cc(N2CCN(C(C)=O)CC2)ccc1Nc1nc(-c2cc3n(c2)CCN(c2c(CC)cccc2CC)C3=O)c2cn[nH]c2n1. The maximum Gasteiger partial charge on any atom is 0.274 e. The Labute approximate surface area is 290 Å². The normalized spacial score (nSPS) is 14.5. The zero-order valence-electron chi connectivity index (χ0n) is 28.5. The number of aromatic nitrogens is 5. The predicted octanol–water partition coefficient (Wildman–Crippen LogP) is 5.14. The van der Waals surface area contributed by atoms with E-state index in [1.165, 1.54) is 6.08 Å². The molecule has 256 valence electrons. The van der Waals surface area contributed by atoms with Gasteiger partial charge in [-0.2, -0.15) is 10.1 Å². The number of carbonyl (C=O) groups is 3. The van der Waals surface area contributed by atoms with Gasteiger partial charge in [0.15, 0.2) is 5.65 Å². The molecule has 1 saturated heterocycles. The monoisotopic (exact) mass is 672 g/mol. The van der Waals surface area contributed by atoms with Crippen molar-refractivity contribution in [3.05, 3.63) is 84.3 Å². The van der Waals surface area contributed by atoms with Crippen LogP contribution in [0.5, 0.6) is 0 Å². The number of nitrogens with one attached hydrogen (secondary N) is 3. The van der Waals surface area contributed by atoms with Crippen molar-refractivity contribution in [2.45, 2.75) is 40.2 Å². The second kappa shape index (κ2) is 13.5. The summed E-state index contributed by atoms with van der Waals surface area (Å²) in [7, 11) is 0. The number of para-hydroxylation sites is 1. The first-order valence-electron chi connectivity index (χ1n) is 17.0. The third kappa shape index (κ3) is 6.06. The molecule has 0 saturated carbocycles. The van der Waals surface area contributed by atoms with Gasteiger partial charge >= 0.3 is 0 Å². The average Bonchev–Trinajstić information content (AvgIpc) is 3.80. The van der Waals surface area contributed by atoms with Gasteiger partial charge in [-0.25, -0.2) is 4.98 Å². The Balaban J connectivity index is 1.21. The van der Waals surface area contributed by atoms with Crippen LogP contribution in [0.3, 0.4) is 0 Å². The molecule has 13 heteroatoms. The van der Waals surface area contributed by atoms with Crippen LogP contribution in [-0.4, -0.2) is 80.1 Å².